The summed E-state index contributed by atoms with van der Waals surface area (Å²) in [5.41, 5.74) is 4.86. The predicted octanol–water partition coefficient (Wildman–Crippen LogP) is 0.0444. The van der Waals surface area contributed by atoms with E-state index in [-0.39, 0.29) is 0 Å². The molecule has 2 amide bonds. The maximum Gasteiger partial charge on any atom is 0.312 e. The number of hydrogen-bond acceptors (Lipinski definition) is 2. The molecular weight excluding hydrogens is 142 g/mol. The quantitative estimate of drug-likeness (QED) is 0.479. The van der Waals surface area contributed by atoms with Crippen LogP contribution in [0.25, 0.3) is 0 Å². The van der Waals surface area contributed by atoms with Gasteiger partial charge in [0.05, 0.1) is 0 Å². The number of rotatable bonds is 6. The molecule has 0 heterocycles. The summed E-state index contributed by atoms with van der Waals surface area (Å²) in [5, 5.41) is 5.74. The topological polar surface area (TPSA) is 67.2 Å². The number of urea groups is 1. The van der Waals surface area contributed by atoms with Crippen LogP contribution in [0.5, 0.6) is 0 Å². The first-order valence-corrected chi connectivity index (χ1v) is 4.01. The first kappa shape index (κ1) is 10.2. The summed E-state index contributed by atoms with van der Waals surface area (Å²) < 4.78 is 0. The molecule has 4 N–H and O–H groups in total. The molecular formula is C7H17N3O. The molecule has 0 aromatic rings. The number of carbonyl (C=O) groups is 1. The highest BCUT2D eigenvalue weighted by Gasteiger charge is 1.89. The Morgan fingerprint density at radius 1 is 1.36 bits per heavy atom. The van der Waals surface area contributed by atoms with Crippen LogP contribution >= 0.6 is 0 Å². The highest BCUT2D eigenvalue weighted by Crippen LogP contribution is 1.74. The summed E-state index contributed by atoms with van der Waals surface area (Å²) in [4.78, 5) is 10.2. The summed E-state index contributed by atoms with van der Waals surface area (Å²) in [6.45, 7) is 4.76. The van der Waals surface area contributed by atoms with Crippen LogP contribution in [0, 0.1) is 0 Å². The molecule has 66 valence electrons. The third-order valence-corrected chi connectivity index (χ3v) is 1.26. The van der Waals surface area contributed by atoms with Crippen molar-refractivity contribution in [3.8, 4) is 0 Å². The van der Waals surface area contributed by atoms with Crippen molar-refractivity contribution in [3.63, 3.8) is 0 Å². The molecule has 0 rings (SSSR count). The minimum atomic E-state index is -0.444. The number of hydrogen-bond donors (Lipinski definition) is 3. The minimum absolute atomic E-state index is 0.444. The predicted molar refractivity (Wildman–Crippen MR) is 45.4 cm³/mol. The summed E-state index contributed by atoms with van der Waals surface area (Å²) in [7, 11) is 0. The average molecular weight is 159 g/mol. The van der Waals surface area contributed by atoms with E-state index in [0.717, 1.165) is 25.9 Å². The zero-order valence-electron chi connectivity index (χ0n) is 7.02. The second-order valence-corrected chi connectivity index (χ2v) is 2.39. The molecule has 0 spiro atoms. The normalized spacial score (nSPS) is 9.55. The molecule has 0 unspecified atom stereocenters. The smallest absolute Gasteiger partial charge is 0.312 e. The van der Waals surface area contributed by atoms with Gasteiger partial charge in [-0.15, -0.1) is 0 Å². The zero-order chi connectivity index (χ0) is 8.53. The van der Waals surface area contributed by atoms with Gasteiger partial charge in [0.1, 0.15) is 0 Å². The molecule has 0 aromatic carbocycles. The molecule has 11 heavy (non-hydrogen) atoms. The molecule has 0 fully saturated rings. The van der Waals surface area contributed by atoms with Gasteiger partial charge in [0, 0.05) is 6.54 Å². The van der Waals surface area contributed by atoms with Crippen LogP contribution in [0.3, 0.4) is 0 Å². The van der Waals surface area contributed by atoms with Gasteiger partial charge in [-0.05, 0) is 25.9 Å². The van der Waals surface area contributed by atoms with Gasteiger partial charge in [-0.25, -0.2) is 4.79 Å². The number of primary amides is 1. The van der Waals surface area contributed by atoms with E-state index in [9.17, 15) is 4.79 Å². The van der Waals surface area contributed by atoms with Crippen molar-refractivity contribution >= 4 is 6.03 Å². The molecule has 0 saturated heterocycles. The molecule has 0 aliphatic carbocycles. The number of carbonyl (C=O) groups excluding carboxylic acids is 1. The van der Waals surface area contributed by atoms with E-state index in [4.69, 9.17) is 5.73 Å². The van der Waals surface area contributed by atoms with Crippen LogP contribution in [-0.2, 0) is 0 Å². The Morgan fingerprint density at radius 2 is 2.09 bits per heavy atom. The number of amides is 2. The Labute approximate surface area is 67.5 Å². The Hall–Kier alpha value is -0.770. The average Bonchev–Trinajstić information content (AvgIpc) is 1.96. The van der Waals surface area contributed by atoms with E-state index in [1.807, 2.05) is 0 Å². The lowest BCUT2D eigenvalue weighted by Gasteiger charge is -2.02. The molecule has 0 radical (unpaired) electrons. The Kier molecular flexibility index (Phi) is 6.82. The molecule has 4 nitrogen and oxygen atoms in total. The summed E-state index contributed by atoms with van der Waals surface area (Å²) >= 11 is 0. The summed E-state index contributed by atoms with van der Waals surface area (Å²) in [6.07, 6.45) is 2.08. The second-order valence-electron chi connectivity index (χ2n) is 2.39. The zero-order valence-corrected chi connectivity index (χ0v) is 7.02. The van der Waals surface area contributed by atoms with E-state index < -0.39 is 6.03 Å². The molecule has 4 heteroatoms. The molecule has 0 atom stereocenters. The van der Waals surface area contributed by atoms with Crippen molar-refractivity contribution < 1.29 is 4.79 Å². The third kappa shape index (κ3) is 9.23. The van der Waals surface area contributed by atoms with Crippen LogP contribution in [0.2, 0.25) is 0 Å². The maximum atomic E-state index is 10.2. The molecule has 0 aliphatic rings. The Morgan fingerprint density at radius 3 is 2.64 bits per heavy atom. The maximum absolute atomic E-state index is 10.2. The first-order chi connectivity index (χ1) is 5.27. The lowest BCUT2D eigenvalue weighted by molar-refractivity contribution is 0.249. The van der Waals surface area contributed by atoms with Gasteiger partial charge in [-0.3, -0.25) is 0 Å². The van der Waals surface area contributed by atoms with Crippen molar-refractivity contribution in [1.82, 2.24) is 10.6 Å². The van der Waals surface area contributed by atoms with Crippen molar-refractivity contribution in [2.45, 2.75) is 19.8 Å². The first-order valence-electron chi connectivity index (χ1n) is 4.01. The van der Waals surface area contributed by atoms with Crippen molar-refractivity contribution in [2.24, 2.45) is 5.73 Å². The molecule has 0 saturated carbocycles. The molecule has 0 bridgehead atoms. The lowest BCUT2D eigenvalue weighted by Crippen LogP contribution is -2.31. The molecule has 0 aromatic heterocycles. The highest BCUT2D eigenvalue weighted by atomic mass is 16.2. The largest absolute Gasteiger partial charge is 0.352 e. The van der Waals surface area contributed by atoms with Crippen LogP contribution in [0.15, 0.2) is 0 Å². The van der Waals surface area contributed by atoms with E-state index in [2.05, 4.69) is 17.6 Å². The van der Waals surface area contributed by atoms with E-state index in [0.29, 0.717) is 6.54 Å². The molecule has 0 aliphatic heterocycles. The van der Waals surface area contributed by atoms with Crippen molar-refractivity contribution in [2.75, 3.05) is 19.6 Å². The van der Waals surface area contributed by atoms with E-state index in [1.54, 1.807) is 0 Å². The highest BCUT2D eigenvalue weighted by molar-refractivity contribution is 5.71. The Bertz CT molecular complexity index is 106. The van der Waals surface area contributed by atoms with Crippen LogP contribution in [0.4, 0.5) is 4.79 Å². The van der Waals surface area contributed by atoms with Gasteiger partial charge in [0.25, 0.3) is 0 Å². The summed E-state index contributed by atoms with van der Waals surface area (Å²) in [5.74, 6) is 0. The van der Waals surface area contributed by atoms with Gasteiger partial charge in [-0.2, -0.15) is 0 Å². The standard InChI is InChI=1S/C7H17N3O/c1-2-4-9-5-3-6-10-7(8)11/h9H,2-6H2,1H3,(H3,8,10,11). The van der Waals surface area contributed by atoms with Crippen LogP contribution in [0.1, 0.15) is 19.8 Å². The van der Waals surface area contributed by atoms with Gasteiger partial charge in [-0.1, -0.05) is 6.92 Å². The SMILES string of the molecule is CCCNCCCNC(N)=O. The fraction of sp³-hybridized carbons (Fsp3) is 0.857. The monoisotopic (exact) mass is 159 g/mol. The van der Waals surface area contributed by atoms with Crippen LogP contribution < -0.4 is 16.4 Å². The van der Waals surface area contributed by atoms with Crippen LogP contribution in [-0.4, -0.2) is 25.7 Å². The minimum Gasteiger partial charge on any atom is -0.352 e. The van der Waals surface area contributed by atoms with Crippen molar-refractivity contribution in [3.05, 3.63) is 0 Å². The Balaban J connectivity index is 2.85. The fourth-order valence-electron chi connectivity index (χ4n) is 0.727. The van der Waals surface area contributed by atoms with Gasteiger partial charge in [0.15, 0.2) is 0 Å². The van der Waals surface area contributed by atoms with Gasteiger partial charge < -0.3 is 16.4 Å². The number of nitrogens with two attached hydrogens (primary N) is 1. The van der Waals surface area contributed by atoms with E-state index >= 15 is 0 Å². The fourth-order valence-corrected chi connectivity index (χ4v) is 0.727. The van der Waals surface area contributed by atoms with E-state index in [1.165, 1.54) is 0 Å². The third-order valence-electron chi connectivity index (χ3n) is 1.26. The van der Waals surface area contributed by atoms with Gasteiger partial charge in [0.2, 0.25) is 0 Å². The second kappa shape index (κ2) is 7.34. The lowest BCUT2D eigenvalue weighted by atomic mass is 10.4. The number of nitrogens with one attached hydrogen (secondary N) is 2. The van der Waals surface area contributed by atoms with Crippen molar-refractivity contribution in [1.29, 1.82) is 0 Å². The van der Waals surface area contributed by atoms with Gasteiger partial charge >= 0.3 is 6.03 Å². The summed E-state index contributed by atoms with van der Waals surface area (Å²) in [6, 6.07) is -0.444.